The van der Waals surface area contributed by atoms with Crippen LogP contribution in [0, 0.1) is 5.82 Å². The van der Waals surface area contributed by atoms with Crippen molar-refractivity contribution in [1.29, 1.82) is 0 Å². The molecule has 1 saturated carbocycles. The molecule has 31 heavy (non-hydrogen) atoms. The fraction of sp³-hybridized carbons (Fsp3) is 0.350. The molecule has 2 aromatic heterocycles. The van der Waals surface area contributed by atoms with E-state index in [4.69, 9.17) is 0 Å². The van der Waals surface area contributed by atoms with Crippen molar-refractivity contribution in [2.45, 2.75) is 31.1 Å². The van der Waals surface area contributed by atoms with E-state index in [-0.39, 0.29) is 17.0 Å². The highest BCUT2D eigenvalue weighted by molar-refractivity contribution is 7.90. The number of hydrogen-bond donors (Lipinski definition) is 1. The molecule has 1 aromatic carbocycles. The van der Waals surface area contributed by atoms with Crippen LogP contribution in [0.3, 0.4) is 0 Å². The molecule has 0 spiro atoms. The van der Waals surface area contributed by atoms with Gasteiger partial charge in [0.25, 0.3) is 5.91 Å². The van der Waals surface area contributed by atoms with Crippen molar-refractivity contribution in [2.75, 3.05) is 11.9 Å². The molecule has 3 aromatic rings. The van der Waals surface area contributed by atoms with Crippen LogP contribution in [0.4, 0.5) is 9.52 Å². The highest BCUT2D eigenvalue weighted by Gasteiger charge is 2.41. The molecular weight excluding hydrogens is 441 g/mol. The van der Waals surface area contributed by atoms with E-state index in [0.29, 0.717) is 41.6 Å². The maximum Gasteiger partial charge on any atom is 0.275 e. The first kappa shape index (κ1) is 20.3. The molecule has 1 amide bonds. The minimum absolute atomic E-state index is 0.235. The van der Waals surface area contributed by atoms with Crippen molar-refractivity contribution in [1.82, 2.24) is 19.1 Å². The maximum atomic E-state index is 13.2. The van der Waals surface area contributed by atoms with Gasteiger partial charge in [-0.25, -0.2) is 17.8 Å². The topological polar surface area (TPSA) is 97.2 Å². The van der Waals surface area contributed by atoms with E-state index >= 15 is 0 Å². The number of halogens is 1. The molecule has 8 nitrogen and oxygen atoms in total. The Morgan fingerprint density at radius 2 is 2.00 bits per heavy atom. The minimum Gasteiger partial charge on any atom is -0.296 e. The second-order valence-corrected chi connectivity index (χ2v) is 11.0. The summed E-state index contributed by atoms with van der Waals surface area (Å²) in [6.45, 7) is 0.730. The van der Waals surface area contributed by atoms with Crippen molar-refractivity contribution in [3.05, 3.63) is 52.4 Å². The molecule has 0 atom stereocenters. The van der Waals surface area contributed by atoms with E-state index in [1.165, 1.54) is 32.5 Å². The molecule has 5 rings (SSSR count). The molecule has 162 valence electrons. The lowest BCUT2D eigenvalue weighted by atomic mass is 10.1. The fourth-order valence-corrected chi connectivity index (χ4v) is 6.53. The monoisotopic (exact) mass is 461 g/mol. The number of sulfonamides is 1. The van der Waals surface area contributed by atoms with Gasteiger partial charge in [0.05, 0.1) is 16.6 Å². The minimum atomic E-state index is -3.23. The Hall–Kier alpha value is -2.63. The molecule has 0 radical (unpaired) electrons. The van der Waals surface area contributed by atoms with Crippen LogP contribution in [0.15, 0.2) is 30.3 Å². The van der Waals surface area contributed by atoms with E-state index in [2.05, 4.69) is 15.4 Å². The number of fused-ring (bicyclic) bond motifs is 1. The maximum absolute atomic E-state index is 13.2. The Bertz CT molecular complexity index is 1260. The number of nitrogens with one attached hydrogen (secondary N) is 1. The molecule has 11 heteroatoms. The van der Waals surface area contributed by atoms with Crippen LogP contribution in [-0.4, -0.2) is 45.2 Å². The lowest BCUT2D eigenvalue weighted by Crippen LogP contribution is -2.37. The van der Waals surface area contributed by atoms with E-state index in [9.17, 15) is 17.6 Å². The molecule has 0 unspecified atom stereocenters. The van der Waals surface area contributed by atoms with Crippen LogP contribution in [0.1, 0.15) is 33.9 Å². The van der Waals surface area contributed by atoms with Crippen LogP contribution in [0.2, 0.25) is 0 Å². The van der Waals surface area contributed by atoms with Gasteiger partial charge >= 0.3 is 0 Å². The second-order valence-electron chi connectivity index (χ2n) is 7.72. The number of carbonyl (C=O) groups is 1. The van der Waals surface area contributed by atoms with E-state index in [1.54, 1.807) is 25.2 Å². The summed E-state index contributed by atoms with van der Waals surface area (Å²) in [5.41, 5.74) is 2.44. The predicted octanol–water partition coefficient (Wildman–Crippen LogP) is 2.79. The van der Waals surface area contributed by atoms with Gasteiger partial charge in [-0.15, -0.1) is 11.3 Å². The van der Waals surface area contributed by atoms with E-state index in [0.717, 1.165) is 23.4 Å². The van der Waals surface area contributed by atoms with Crippen LogP contribution in [0.5, 0.6) is 0 Å². The highest BCUT2D eigenvalue weighted by Crippen LogP contribution is 2.35. The third kappa shape index (κ3) is 3.88. The highest BCUT2D eigenvalue weighted by atomic mass is 32.2. The zero-order valence-corrected chi connectivity index (χ0v) is 18.3. The van der Waals surface area contributed by atoms with Gasteiger partial charge in [0, 0.05) is 37.0 Å². The summed E-state index contributed by atoms with van der Waals surface area (Å²) in [4.78, 5) is 18.2. The number of nitrogens with zero attached hydrogens (tertiary/aromatic N) is 4. The third-order valence-electron chi connectivity index (χ3n) is 5.47. The molecule has 0 saturated heterocycles. The second kappa shape index (κ2) is 7.50. The number of hydrogen-bond acceptors (Lipinski definition) is 6. The first-order valence-electron chi connectivity index (χ1n) is 9.90. The van der Waals surface area contributed by atoms with Crippen molar-refractivity contribution < 1.29 is 17.6 Å². The summed E-state index contributed by atoms with van der Waals surface area (Å²) >= 11 is 1.30. The SMILES string of the molecule is Cn1nc(-c2ccc(F)cc2)cc1C(=O)Nc1nc2c(s1)CN(S(=O)(=O)C1CC1)CC2. The predicted molar refractivity (Wildman–Crippen MR) is 115 cm³/mol. The van der Waals surface area contributed by atoms with Gasteiger partial charge in [-0.3, -0.25) is 14.8 Å². The van der Waals surface area contributed by atoms with Gasteiger partial charge in [-0.2, -0.15) is 9.40 Å². The fourth-order valence-electron chi connectivity index (χ4n) is 3.62. The smallest absolute Gasteiger partial charge is 0.275 e. The van der Waals surface area contributed by atoms with Crippen molar-refractivity contribution in [3.63, 3.8) is 0 Å². The Morgan fingerprint density at radius 3 is 2.71 bits per heavy atom. The van der Waals surface area contributed by atoms with E-state index < -0.39 is 10.0 Å². The molecule has 1 N–H and O–H groups in total. The molecular formula is C20H20FN5O3S2. The summed E-state index contributed by atoms with van der Waals surface area (Å²) in [7, 11) is -1.57. The van der Waals surface area contributed by atoms with Gasteiger partial charge in [-0.1, -0.05) is 0 Å². The normalized spacial score (nSPS) is 16.8. The van der Waals surface area contributed by atoms with Crippen LogP contribution >= 0.6 is 11.3 Å². The van der Waals surface area contributed by atoms with Crippen LogP contribution in [0.25, 0.3) is 11.3 Å². The van der Waals surface area contributed by atoms with Gasteiger partial charge in [0.15, 0.2) is 5.13 Å². The Morgan fingerprint density at radius 1 is 1.26 bits per heavy atom. The molecule has 2 aliphatic rings. The number of carbonyl (C=O) groups excluding carboxylic acids is 1. The zero-order chi connectivity index (χ0) is 21.8. The molecule has 1 aliphatic carbocycles. The summed E-state index contributed by atoms with van der Waals surface area (Å²) in [5, 5.41) is 7.34. The Kier molecular flexibility index (Phi) is 4.91. The van der Waals surface area contributed by atoms with Crippen LogP contribution in [-0.2, 0) is 30.0 Å². The molecule has 1 aliphatic heterocycles. The average Bonchev–Trinajstić information content (AvgIpc) is 3.42. The van der Waals surface area contributed by atoms with Crippen molar-refractivity contribution in [3.8, 4) is 11.3 Å². The van der Waals surface area contributed by atoms with Crippen molar-refractivity contribution in [2.24, 2.45) is 7.05 Å². The molecule has 0 bridgehead atoms. The number of aryl methyl sites for hydroxylation is 1. The lowest BCUT2D eigenvalue weighted by molar-refractivity contribution is 0.101. The first-order chi connectivity index (χ1) is 14.8. The van der Waals surface area contributed by atoms with Crippen molar-refractivity contribution >= 4 is 32.4 Å². The quantitative estimate of drug-likeness (QED) is 0.630. The lowest BCUT2D eigenvalue weighted by Gasteiger charge is -2.25. The summed E-state index contributed by atoms with van der Waals surface area (Å²) < 4.78 is 41.2. The van der Waals surface area contributed by atoms with Gasteiger partial charge in [-0.05, 0) is 43.2 Å². The van der Waals surface area contributed by atoms with Gasteiger partial charge in [0.2, 0.25) is 10.0 Å². The number of rotatable bonds is 5. The Balaban J connectivity index is 1.32. The number of amides is 1. The summed E-state index contributed by atoms with van der Waals surface area (Å²) in [6, 6.07) is 7.54. The largest absolute Gasteiger partial charge is 0.296 e. The number of benzene rings is 1. The number of thiazole rings is 1. The standard InChI is InChI=1S/C20H20FN5O3S2/c1-25-17(10-16(24-25)12-2-4-13(21)5-3-12)19(27)23-20-22-15-8-9-26(11-18(15)30-20)31(28,29)14-6-7-14/h2-5,10,14H,6-9,11H2,1H3,(H,22,23,27). The summed E-state index contributed by atoms with van der Waals surface area (Å²) in [6.07, 6.45) is 2.01. The number of aromatic nitrogens is 3. The van der Waals surface area contributed by atoms with Crippen LogP contribution < -0.4 is 5.32 Å². The summed E-state index contributed by atoms with van der Waals surface area (Å²) in [5.74, 6) is -0.703. The number of anilines is 1. The third-order valence-corrected chi connectivity index (χ3v) is 8.82. The first-order valence-corrected chi connectivity index (χ1v) is 12.2. The molecule has 1 fully saturated rings. The molecule has 3 heterocycles. The zero-order valence-electron chi connectivity index (χ0n) is 16.7. The van der Waals surface area contributed by atoms with Gasteiger partial charge < -0.3 is 0 Å². The Labute approximate surface area is 182 Å². The van der Waals surface area contributed by atoms with Gasteiger partial charge in [0.1, 0.15) is 11.5 Å². The average molecular weight is 462 g/mol. The van der Waals surface area contributed by atoms with E-state index in [1.807, 2.05) is 0 Å².